The van der Waals surface area contributed by atoms with Gasteiger partial charge in [-0.3, -0.25) is 67.3 Å². The molecule has 0 spiro atoms. The monoisotopic (exact) mass is 1250 g/mol. The van der Waals surface area contributed by atoms with Crippen molar-refractivity contribution in [1.29, 1.82) is 0 Å². The predicted molar refractivity (Wildman–Crippen MR) is 314 cm³/mol. The number of rotatable bonds is 37. The summed E-state index contributed by atoms with van der Waals surface area (Å²) in [5, 5.41) is 42.1. The van der Waals surface area contributed by atoms with Crippen LogP contribution in [0, 0.1) is 5.92 Å². The van der Waals surface area contributed by atoms with Crippen LogP contribution in [-0.4, -0.2) is 219 Å². The van der Waals surface area contributed by atoms with Gasteiger partial charge in [0.1, 0.15) is 72.7 Å². The SMILES string of the molecule is CC(C)C[C@H](NC(=O)[C@@H]1CCCN1C(=O)[C@@H]1CCC(=O)N1)C(=O)N1CCC[C@H]1C(=O)N[C@@H](CC(=O)O)C(=O)N[C@@H](CS)C(=O)N[C@@H](CS)C(=O)N[C@@H](CCCN=C(N)N)C(=O)N[C@@H](CCC(N)=O)C(=O)N[C@@H](CCCCN)C(=O)N[C@H](C=O)[C@@H](C)O. The van der Waals surface area contributed by atoms with Crippen LogP contribution in [-0.2, 0) is 67.1 Å². The van der Waals surface area contributed by atoms with E-state index in [1.54, 1.807) is 0 Å². The molecule has 12 atom stereocenters. The van der Waals surface area contributed by atoms with Crippen LogP contribution in [0.25, 0.3) is 0 Å². The number of hydrogen-bond acceptors (Lipinski definition) is 19. The van der Waals surface area contributed by atoms with E-state index < -0.39 is 174 Å². The van der Waals surface area contributed by atoms with Crippen LogP contribution in [0.2, 0.25) is 0 Å². The van der Waals surface area contributed by atoms with Gasteiger partial charge in [-0.2, -0.15) is 25.3 Å². The van der Waals surface area contributed by atoms with E-state index >= 15 is 0 Å². The molecule has 3 saturated heterocycles. The van der Waals surface area contributed by atoms with Gasteiger partial charge in [0.15, 0.2) is 5.96 Å². The Morgan fingerprint density at radius 3 is 1.59 bits per heavy atom. The number of amides is 12. The Hall–Kier alpha value is -7.33. The fraction of sp³-hybridized carbons (Fsp3) is 0.712. The van der Waals surface area contributed by atoms with Gasteiger partial charge in [-0.15, -0.1) is 0 Å². The Morgan fingerprint density at radius 1 is 0.651 bits per heavy atom. The van der Waals surface area contributed by atoms with E-state index in [4.69, 9.17) is 22.9 Å². The van der Waals surface area contributed by atoms with E-state index in [9.17, 15) is 77.3 Å². The van der Waals surface area contributed by atoms with E-state index in [1.807, 2.05) is 13.8 Å². The van der Waals surface area contributed by atoms with Crippen molar-refractivity contribution < 1.29 is 77.3 Å². The first-order chi connectivity index (χ1) is 40.6. The second-order valence-corrected chi connectivity index (χ2v) is 22.4. The van der Waals surface area contributed by atoms with E-state index in [1.165, 1.54) is 16.7 Å². The van der Waals surface area contributed by atoms with Gasteiger partial charge in [0.05, 0.1) is 12.5 Å². The van der Waals surface area contributed by atoms with Gasteiger partial charge in [-0.05, 0) is 96.4 Å². The Balaban J connectivity index is 1.78. The molecule has 86 heavy (non-hydrogen) atoms. The highest BCUT2D eigenvalue weighted by atomic mass is 32.1. The molecule has 0 bridgehead atoms. The molecule has 3 heterocycles. The second kappa shape index (κ2) is 36.6. The summed E-state index contributed by atoms with van der Waals surface area (Å²) in [5.74, 6) is -12.6. The number of nitrogens with zero attached hydrogens (tertiary/aromatic N) is 3. The highest BCUT2D eigenvalue weighted by molar-refractivity contribution is 7.80. The maximum absolute atomic E-state index is 14.3. The molecule has 0 aromatic rings. The molecular weight excluding hydrogens is 1170 g/mol. The van der Waals surface area contributed by atoms with Gasteiger partial charge in [-0.1, -0.05) is 13.8 Å². The molecule has 3 aliphatic heterocycles. The summed E-state index contributed by atoms with van der Waals surface area (Å²) in [6, 6.07) is -14.8. The Morgan fingerprint density at radius 2 is 1.13 bits per heavy atom. The van der Waals surface area contributed by atoms with Gasteiger partial charge in [0, 0.05) is 44.0 Å². The molecule has 0 saturated carbocycles. The number of aliphatic carboxylic acids is 1. The Bertz CT molecular complexity index is 2470. The van der Waals surface area contributed by atoms with Crippen LogP contribution in [0.3, 0.4) is 0 Å². The minimum Gasteiger partial charge on any atom is -0.481 e. The van der Waals surface area contributed by atoms with Gasteiger partial charge in [0.2, 0.25) is 70.9 Å². The second-order valence-electron chi connectivity index (χ2n) is 21.7. The normalized spacial score (nSPS) is 19.5. The van der Waals surface area contributed by atoms with Crippen molar-refractivity contribution in [2.45, 2.75) is 190 Å². The molecule has 34 heteroatoms. The summed E-state index contributed by atoms with van der Waals surface area (Å²) in [6.45, 7) is 5.41. The van der Waals surface area contributed by atoms with Crippen molar-refractivity contribution >= 4 is 114 Å². The van der Waals surface area contributed by atoms with Crippen molar-refractivity contribution in [3.8, 4) is 0 Å². The maximum Gasteiger partial charge on any atom is 0.305 e. The number of guanidine groups is 1. The first-order valence-electron chi connectivity index (χ1n) is 28.6. The van der Waals surface area contributed by atoms with E-state index in [0.29, 0.717) is 38.4 Å². The number of carbonyl (C=O) groups excluding carboxylic acids is 13. The van der Waals surface area contributed by atoms with E-state index in [0.717, 1.165) is 0 Å². The first kappa shape index (κ1) is 72.9. The van der Waals surface area contributed by atoms with Crippen LogP contribution < -0.4 is 70.8 Å². The number of primary amides is 1. The summed E-state index contributed by atoms with van der Waals surface area (Å²) in [5.41, 5.74) is 21.9. The number of likely N-dealkylation sites (tertiary alicyclic amines) is 2. The zero-order valence-electron chi connectivity index (χ0n) is 48.6. The van der Waals surface area contributed by atoms with E-state index in [2.05, 4.69) is 78.1 Å². The zero-order valence-corrected chi connectivity index (χ0v) is 50.4. The molecule has 482 valence electrons. The summed E-state index contributed by atoms with van der Waals surface area (Å²) in [6.07, 6.45) is -0.439. The smallest absolute Gasteiger partial charge is 0.305 e. The van der Waals surface area contributed by atoms with Crippen LogP contribution in [0.15, 0.2) is 4.99 Å². The maximum atomic E-state index is 14.3. The summed E-state index contributed by atoms with van der Waals surface area (Å²) >= 11 is 8.39. The number of carbonyl (C=O) groups is 14. The lowest BCUT2D eigenvalue weighted by molar-refractivity contribution is -0.145. The van der Waals surface area contributed by atoms with Crippen molar-refractivity contribution in [2.75, 3.05) is 37.7 Å². The first-order valence-corrected chi connectivity index (χ1v) is 29.9. The van der Waals surface area contributed by atoms with Crippen molar-refractivity contribution in [3.63, 3.8) is 0 Å². The molecule has 32 nitrogen and oxygen atoms in total. The molecule has 0 radical (unpaired) electrons. The number of nitrogens with one attached hydrogen (secondary N) is 9. The lowest BCUT2D eigenvalue weighted by Gasteiger charge is -2.32. The number of aliphatic hydroxyl groups is 1. The van der Waals surface area contributed by atoms with Gasteiger partial charge < -0.3 is 95.6 Å². The lowest BCUT2D eigenvalue weighted by atomic mass is 10.0. The number of carboxylic acid groups (broad SMARTS) is 1. The number of nitrogens with two attached hydrogens (primary N) is 4. The molecule has 19 N–H and O–H groups in total. The molecule has 0 aromatic heterocycles. The number of aliphatic imine (C=N–C) groups is 1. The third-order valence-electron chi connectivity index (χ3n) is 14.4. The van der Waals surface area contributed by atoms with Crippen molar-refractivity contribution in [1.82, 2.24) is 57.7 Å². The minimum atomic E-state index is -1.84. The lowest BCUT2D eigenvalue weighted by Crippen LogP contribution is -2.61. The minimum absolute atomic E-state index is 0.000239. The highest BCUT2D eigenvalue weighted by Crippen LogP contribution is 2.24. The average Bonchev–Trinajstić information content (AvgIpc) is 4.11. The summed E-state index contributed by atoms with van der Waals surface area (Å²) < 4.78 is 0. The Kier molecular flexibility index (Phi) is 31.0. The topological polar surface area (TPSA) is 511 Å². The number of aliphatic hydroxyl groups excluding tert-OH is 1. The third kappa shape index (κ3) is 23.5. The molecule has 0 aromatic carbocycles. The number of carboxylic acids is 1. The number of aldehydes is 1. The van der Waals surface area contributed by atoms with Crippen LogP contribution in [0.5, 0.6) is 0 Å². The quantitative estimate of drug-likeness (QED) is 0.00904. The van der Waals surface area contributed by atoms with Gasteiger partial charge >= 0.3 is 5.97 Å². The standard InChI is InChI=1S/C52H86N16O16S2/c1-26(2)21-33(63-49(82)38-12-7-19-67(38)50(83)31-14-16-40(72)58-31)51(84)68-20-8-11-37(68)48(81)62-32(22-41(73)74)45(78)65-36(25-86)47(80)66-35(24-85)46(79)60-29(10-6-18-57-52(55)56)42(75)61-30(13-15-39(54)71)44(77)59-28(9-4-5-17-53)43(76)64-34(23-69)27(3)70/h23,26-38,70,85-86H,4-22,24-25,53H2,1-3H3,(H2,54,71)(H,58,72)(H,59,77)(H,60,79)(H,61,75)(H,62,81)(H,63,82)(H,64,76)(H,65,78)(H,66,80)(H,73,74)(H4,55,56,57)/t27-,28+,29+,30+,31+,32+,33+,34-,35+,36+,37+,38+/m1/s1. The number of hydrogen-bond donors (Lipinski definition) is 17. The molecule has 12 amide bonds. The van der Waals surface area contributed by atoms with Crippen LogP contribution in [0.4, 0.5) is 0 Å². The molecule has 0 aliphatic carbocycles. The molecule has 0 unspecified atom stereocenters. The fourth-order valence-corrected chi connectivity index (χ4v) is 10.3. The molecular formula is C52H86N16O16S2. The molecule has 3 fully saturated rings. The summed E-state index contributed by atoms with van der Waals surface area (Å²) in [7, 11) is 0. The van der Waals surface area contributed by atoms with Gasteiger partial charge in [-0.25, -0.2) is 0 Å². The third-order valence-corrected chi connectivity index (χ3v) is 15.1. The zero-order chi connectivity index (χ0) is 64.4. The van der Waals surface area contributed by atoms with Crippen molar-refractivity contribution in [3.05, 3.63) is 0 Å². The van der Waals surface area contributed by atoms with Crippen LogP contribution >= 0.6 is 25.3 Å². The van der Waals surface area contributed by atoms with Gasteiger partial charge in [0.25, 0.3) is 0 Å². The highest BCUT2D eigenvalue weighted by Gasteiger charge is 2.44. The number of thiol groups is 2. The molecule has 3 aliphatic rings. The largest absolute Gasteiger partial charge is 0.481 e. The molecule has 3 rings (SSSR count). The Labute approximate surface area is 508 Å². The van der Waals surface area contributed by atoms with E-state index in [-0.39, 0.29) is 88.9 Å². The fourth-order valence-electron chi connectivity index (χ4n) is 9.79. The van der Waals surface area contributed by atoms with Crippen molar-refractivity contribution in [2.24, 2.45) is 33.8 Å². The summed E-state index contributed by atoms with van der Waals surface area (Å²) in [4.78, 5) is 192. The van der Waals surface area contributed by atoms with Crippen LogP contribution in [0.1, 0.15) is 117 Å². The predicted octanol–water partition coefficient (Wildman–Crippen LogP) is -6.47. The average molecular weight is 1260 g/mol. The number of unbranched alkanes of at least 4 members (excludes halogenated alkanes) is 1.